The topological polar surface area (TPSA) is 98.1 Å². The highest BCUT2D eigenvalue weighted by molar-refractivity contribution is 6.27. The van der Waals surface area contributed by atoms with Crippen LogP contribution in [0.15, 0.2) is 121 Å². The summed E-state index contributed by atoms with van der Waals surface area (Å²) < 4.78 is 0. The van der Waals surface area contributed by atoms with E-state index in [-0.39, 0.29) is 17.4 Å². The Labute approximate surface area is 241 Å². The van der Waals surface area contributed by atoms with Crippen molar-refractivity contribution in [3.05, 3.63) is 144 Å². The molecular formula is C35H37NO5. The van der Waals surface area contributed by atoms with Crippen LogP contribution in [0.5, 0.6) is 0 Å². The fourth-order valence-corrected chi connectivity index (χ4v) is 5.96. The normalized spacial score (nSPS) is 14.9. The zero-order valence-electron chi connectivity index (χ0n) is 23.1. The number of rotatable bonds is 8. The Hall–Kier alpha value is -4.26. The highest BCUT2D eigenvalue weighted by Crippen LogP contribution is 2.43. The Balaban J connectivity index is 0.000000585. The quantitative estimate of drug-likeness (QED) is 0.195. The minimum Gasteiger partial charge on any atom is -0.473 e. The average Bonchev–Trinajstić information content (AvgIpc) is 3.04. The fraction of sp³-hybridized carbons (Fsp3) is 0.257. The standard InChI is InChI=1S/C33H35NO.C2H2O4/c35-27-32(28-13-5-1-6-14-28)21-24-34(25-22-32)26-23-33(29-15-7-2-8-16-29,30-17-9-3-10-18-30)31-19-11-4-12-20-31;3-1(4)2(5)6/h1-20,35H,21-27H2;(H,3,4)(H,5,6). The van der Waals surface area contributed by atoms with Crippen molar-refractivity contribution in [2.45, 2.75) is 30.1 Å². The first-order chi connectivity index (χ1) is 19.9. The Morgan fingerprint density at radius 2 is 1.00 bits per heavy atom. The van der Waals surface area contributed by atoms with Gasteiger partial charge in [0.05, 0.1) is 6.61 Å². The fourth-order valence-electron chi connectivity index (χ4n) is 5.96. The van der Waals surface area contributed by atoms with E-state index in [4.69, 9.17) is 19.8 Å². The largest absolute Gasteiger partial charge is 0.473 e. The van der Waals surface area contributed by atoms with E-state index in [9.17, 15) is 5.11 Å². The number of benzene rings is 4. The molecule has 1 fully saturated rings. The highest BCUT2D eigenvalue weighted by Gasteiger charge is 2.39. The molecule has 3 N–H and O–H groups in total. The number of piperidine rings is 1. The Morgan fingerprint density at radius 3 is 1.34 bits per heavy atom. The third kappa shape index (κ3) is 6.91. The molecule has 1 heterocycles. The zero-order valence-corrected chi connectivity index (χ0v) is 23.1. The van der Waals surface area contributed by atoms with Gasteiger partial charge in [-0.3, -0.25) is 0 Å². The molecule has 1 aliphatic heterocycles. The molecule has 0 aliphatic carbocycles. The van der Waals surface area contributed by atoms with E-state index in [2.05, 4.69) is 126 Å². The Morgan fingerprint density at radius 1 is 0.634 bits per heavy atom. The zero-order chi connectivity index (χ0) is 29.1. The Bertz CT molecular complexity index is 1260. The summed E-state index contributed by atoms with van der Waals surface area (Å²) in [5.41, 5.74) is 4.95. The molecule has 0 spiro atoms. The molecule has 5 rings (SSSR count). The second kappa shape index (κ2) is 13.9. The first-order valence-corrected chi connectivity index (χ1v) is 13.9. The van der Waals surface area contributed by atoms with Crippen LogP contribution >= 0.6 is 0 Å². The van der Waals surface area contributed by atoms with Crippen LogP contribution in [-0.2, 0) is 20.4 Å². The number of aliphatic hydroxyl groups is 1. The van der Waals surface area contributed by atoms with Gasteiger partial charge in [0.2, 0.25) is 0 Å². The van der Waals surface area contributed by atoms with Crippen molar-refractivity contribution in [1.29, 1.82) is 0 Å². The molecule has 1 aliphatic rings. The molecule has 212 valence electrons. The van der Waals surface area contributed by atoms with Crippen molar-refractivity contribution in [1.82, 2.24) is 4.90 Å². The molecule has 6 heteroatoms. The lowest BCUT2D eigenvalue weighted by molar-refractivity contribution is -0.159. The number of hydrogen-bond acceptors (Lipinski definition) is 4. The van der Waals surface area contributed by atoms with Gasteiger partial charge in [-0.25, -0.2) is 9.59 Å². The lowest BCUT2D eigenvalue weighted by Gasteiger charge is -2.43. The third-order valence-electron chi connectivity index (χ3n) is 8.29. The van der Waals surface area contributed by atoms with Crippen molar-refractivity contribution in [2.75, 3.05) is 26.2 Å². The monoisotopic (exact) mass is 551 g/mol. The van der Waals surface area contributed by atoms with E-state index in [0.717, 1.165) is 38.9 Å². The number of carboxylic acids is 2. The van der Waals surface area contributed by atoms with Crippen LogP contribution in [0.25, 0.3) is 0 Å². The minimum atomic E-state index is -1.82. The summed E-state index contributed by atoms with van der Waals surface area (Å²) in [6.45, 7) is 3.23. The number of carbonyl (C=O) groups is 2. The molecule has 0 atom stereocenters. The number of carboxylic acid groups (broad SMARTS) is 2. The van der Waals surface area contributed by atoms with Gasteiger partial charge in [0.15, 0.2) is 0 Å². The van der Waals surface area contributed by atoms with Gasteiger partial charge < -0.3 is 20.2 Å². The van der Waals surface area contributed by atoms with E-state index in [1.54, 1.807) is 0 Å². The van der Waals surface area contributed by atoms with E-state index in [1.807, 2.05) is 0 Å². The SMILES string of the molecule is O=C(O)C(=O)O.OCC1(c2ccccc2)CCN(CCC(c2ccccc2)(c2ccccc2)c2ccccc2)CC1. The molecule has 0 radical (unpaired) electrons. The lowest BCUT2D eigenvalue weighted by atomic mass is 9.67. The van der Waals surface area contributed by atoms with Crippen LogP contribution in [0, 0.1) is 0 Å². The van der Waals surface area contributed by atoms with E-state index >= 15 is 0 Å². The molecule has 0 saturated carbocycles. The second-order valence-electron chi connectivity index (χ2n) is 10.5. The summed E-state index contributed by atoms with van der Waals surface area (Å²) in [4.78, 5) is 20.8. The van der Waals surface area contributed by atoms with Crippen molar-refractivity contribution >= 4 is 11.9 Å². The Kier molecular flexibility index (Phi) is 10.1. The van der Waals surface area contributed by atoms with Gasteiger partial charge in [-0.15, -0.1) is 0 Å². The van der Waals surface area contributed by atoms with Gasteiger partial charge in [-0.1, -0.05) is 121 Å². The molecule has 4 aromatic carbocycles. The van der Waals surface area contributed by atoms with Crippen molar-refractivity contribution < 1.29 is 24.9 Å². The molecule has 4 aromatic rings. The molecule has 0 aromatic heterocycles. The summed E-state index contributed by atoms with van der Waals surface area (Å²) in [5, 5.41) is 25.2. The first kappa shape index (κ1) is 29.7. The summed E-state index contributed by atoms with van der Waals surface area (Å²) in [6, 6.07) is 43.5. The molecule has 41 heavy (non-hydrogen) atoms. The third-order valence-corrected chi connectivity index (χ3v) is 8.29. The first-order valence-electron chi connectivity index (χ1n) is 13.9. The van der Waals surface area contributed by atoms with Gasteiger partial charge in [0.1, 0.15) is 0 Å². The van der Waals surface area contributed by atoms with Crippen LogP contribution in [0.3, 0.4) is 0 Å². The van der Waals surface area contributed by atoms with Gasteiger partial charge in [0.25, 0.3) is 0 Å². The van der Waals surface area contributed by atoms with Crippen molar-refractivity contribution in [3.63, 3.8) is 0 Å². The van der Waals surface area contributed by atoms with Gasteiger partial charge in [0, 0.05) is 10.8 Å². The van der Waals surface area contributed by atoms with Crippen LogP contribution in [0.4, 0.5) is 0 Å². The molecule has 6 nitrogen and oxygen atoms in total. The molecule has 0 unspecified atom stereocenters. The van der Waals surface area contributed by atoms with Crippen molar-refractivity contribution in [2.24, 2.45) is 0 Å². The summed E-state index contributed by atoms with van der Waals surface area (Å²) in [5.74, 6) is -3.65. The second-order valence-corrected chi connectivity index (χ2v) is 10.5. The van der Waals surface area contributed by atoms with Gasteiger partial charge >= 0.3 is 11.9 Å². The maximum absolute atomic E-state index is 10.4. The molecule has 0 bridgehead atoms. The number of nitrogens with zero attached hydrogens (tertiary/aromatic N) is 1. The highest BCUT2D eigenvalue weighted by atomic mass is 16.4. The van der Waals surface area contributed by atoms with Gasteiger partial charge in [-0.2, -0.15) is 0 Å². The predicted molar refractivity (Wildman–Crippen MR) is 160 cm³/mol. The molecular weight excluding hydrogens is 514 g/mol. The van der Waals surface area contributed by atoms with E-state index in [1.165, 1.54) is 22.3 Å². The molecule has 1 saturated heterocycles. The van der Waals surface area contributed by atoms with Crippen LogP contribution < -0.4 is 0 Å². The van der Waals surface area contributed by atoms with Gasteiger partial charge in [-0.05, 0) is 61.2 Å². The predicted octanol–water partition coefficient (Wildman–Crippen LogP) is 5.59. The van der Waals surface area contributed by atoms with E-state index < -0.39 is 11.9 Å². The number of likely N-dealkylation sites (tertiary alicyclic amines) is 1. The maximum Gasteiger partial charge on any atom is 0.414 e. The number of hydrogen-bond donors (Lipinski definition) is 3. The van der Waals surface area contributed by atoms with Crippen LogP contribution in [-0.4, -0.2) is 58.4 Å². The summed E-state index contributed by atoms with van der Waals surface area (Å²) >= 11 is 0. The van der Waals surface area contributed by atoms with E-state index in [0.29, 0.717) is 0 Å². The lowest BCUT2D eigenvalue weighted by Crippen LogP contribution is -2.46. The average molecular weight is 552 g/mol. The maximum atomic E-state index is 10.4. The summed E-state index contributed by atoms with van der Waals surface area (Å²) in [6.07, 6.45) is 2.98. The smallest absolute Gasteiger partial charge is 0.414 e. The number of aliphatic hydroxyl groups excluding tert-OH is 1. The number of aliphatic carboxylic acids is 2. The summed E-state index contributed by atoms with van der Waals surface area (Å²) in [7, 11) is 0. The van der Waals surface area contributed by atoms with Crippen LogP contribution in [0.1, 0.15) is 41.5 Å². The van der Waals surface area contributed by atoms with Crippen LogP contribution in [0.2, 0.25) is 0 Å². The molecule has 0 amide bonds. The minimum absolute atomic E-state index is 0.118. The van der Waals surface area contributed by atoms with Crippen molar-refractivity contribution in [3.8, 4) is 0 Å².